The number of benzene rings is 1. The van der Waals surface area contributed by atoms with Gasteiger partial charge in [0.15, 0.2) is 0 Å². The first-order chi connectivity index (χ1) is 9.85. The summed E-state index contributed by atoms with van der Waals surface area (Å²) in [6.07, 6.45) is -5.05. The zero-order valence-corrected chi connectivity index (χ0v) is 11.9. The van der Waals surface area contributed by atoms with Gasteiger partial charge in [0.1, 0.15) is 17.6 Å². The summed E-state index contributed by atoms with van der Waals surface area (Å²) in [5.41, 5.74) is 5.90. The first-order valence-electron chi connectivity index (χ1n) is 6.16. The molecule has 0 bridgehead atoms. The lowest BCUT2D eigenvalue weighted by Crippen LogP contribution is -2.28. The average molecular weight is 317 g/mol. The van der Waals surface area contributed by atoms with Crippen molar-refractivity contribution in [3.63, 3.8) is 0 Å². The lowest BCUT2D eigenvalue weighted by molar-refractivity contribution is -0.274. The molecule has 0 aliphatic heterocycles. The quantitative estimate of drug-likeness (QED) is 0.902. The number of nitrogens with two attached hydrogens (primary N) is 1. The highest BCUT2D eigenvalue weighted by Gasteiger charge is 2.31. The molecule has 2 unspecified atom stereocenters. The number of hydrogen-bond donors (Lipinski definition) is 1. The van der Waals surface area contributed by atoms with Crippen LogP contribution < -0.4 is 15.2 Å². The van der Waals surface area contributed by atoms with Gasteiger partial charge in [0.05, 0.1) is 0 Å². The number of thiophene rings is 1. The molecule has 0 fully saturated rings. The fourth-order valence-corrected chi connectivity index (χ4v) is 2.61. The molecule has 0 aliphatic rings. The minimum Gasteiger partial charge on any atom is -0.483 e. The van der Waals surface area contributed by atoms with Crippen LogP contribution in [0.3, 0.4) is 0 Å². The van der Waals surface area contributed by atoms with Crippen LogP contribution in [0.4, 0.5) is 13.2 Å². The number of halogens is 3. The SMILES string of the molecule is CC(N)C(Oc1ccc(OC(F)(F)F)cc1)c1cccs1. The van der Waals surface area contributed by atoms with Crippen LogP contribution in [0.15, 0.2) is 41.8 Å². The Kier molecular flexibility index (Phi) is 4.74. The van der Waals surface area contributed by atoms with Crippen molar-refractivity contribution in [1.29, 1.82) is 0 Å². The molecular weight excluding hydrogens is 303 g/mol. The van der Waals surface area contributed by atoms with Crippen LogP contribution in [0.2, 0.25) is 0 Å². The fourth-order valence-electron chi connectivity index (χ4n) is 1.74. The van der Waals surface area contributed by atoms with Gasteiger partial charge in [-0.2, -0.15) is 0 Å². The molecule has 1 aromatic heterocycles. The van der Waals surface area contributed by atoms with Crippen molar-refractivity contribution in [3.8, 4) is 11.5 Å². The summed E-state index contributed by atoms with van der Waals surface area (Å²) in [6, 6.07) is 8.78. The summed E-state index contributed by atoms with van der Waals surface area (Å²) in [4.78, 5) is 0.959. The van der Waals surface area contributed by atoms with Crippen LogP contribution in [0.5, 0.6) is 11.5 Å². The van der Waals surface area contributed by atoms with Crippen molar-refractivity contribution in [2.45, 2.75) is 25.4 Å². The summed E-state index contributed by atoms with van der Waals surface area (Å²) >= 11 is 1.51. The second-order valence-corrected chi connectivity index (χ2v) is 5.41. The number of alkyl halides is 3. The monoisotopic (exact) mass is 317 g/mol. The van der Waals surface area contributed by atoms with Crippen molar-refractivity contribution in [2.24, 2.45) is 5.73 Å². The summed E-state index contributed by atoms with van der Waals surface area (Å²) in [7, 11) is 0. The lowest BCUT2D eigenvalue weighted by atomic mass is 10.1. The van der Waals surface area contributed by atoms with Crippen LogP contribution >= 0.6 is 11.3 Å². The van der Waals surface area contributed by atoms with Crippen molar-refractivity contribution < 1.29 is 22.6 Å². The van der Waals surface area contributed by atoms with Crippen molar-refractivity contribution in [1.82, 2.24) is 0 Å². The second-order valence-electron chi connectivity index (χ2n) is 4.43. The molecule has 2 rings (SSSR count). The van der Waals surface area contributed by atoms with E-state index in [0.717, 1.165) is 4.88 Å². The minimum atomic E-state index is -4.70. The Hall–Kier alpha value is -1.73. The summed E-state index contributed by atoms with van der Waals surface area (Å²) in [6.45, 7) is 1.81. The zero-order chi connectivity index (χ0) is 15.5. The predicted octanol–water partition coefficient (Wildman–Crippen LogP) is 4.11. The summed E-state index contributed by atoms with van der Waals surface area (Å²) in [5, 5.41) is 1.91. The molecule has 21 heavy (non-hydrogen) atoms. The number of hydrogen-bond acceptors (Lipinski definition) is 4. The molecule has 7 heteroatoms. The Morgan fingerprint density at radius 3 is 2.19 bits per heavy atom. The van der Waals surface area contributed by atoms with E-state index in [9.17, 15) is 13.2 Å². The highest BCUT2D eigenvalue weighted by molar-refractivity contribution is 7.10. The molecule has 0 saturated heterocycles. The number of rotatable bonds is 5. The lowest BCUT2D eigenvalue weighted by Gasteiger charge is -2.21. The summed E-state index contributed by atoms with van der Waals surface area (Å²) in [5.74, 6) is 0.142. The van der Waals surface area contributed by atoms with Gasteiger partial charge in [-0.25, -0.2) is 0 Å². The highest BCUT2D eigenvalue weighted by atomic mass is 32.1. The molecule has 0 radical (unpaired) electrons. The van der Waals surface area contributed by atoms with Crippen molar-refractivity contribution in [3.05, 3.63) is 46.7 Å². The van der Waals surface area contributed by atoms with Crippen LogP contribution in [0, 0.1) is 0 Å². The maximum atomic E-state index is 12.1. The molecule has 3 nitrogen and oxygen atoms in total. The van der Waals surface area contributed by atoms with Gasteiger partial charge in [-0.15, -0.1) is 24.5 Å². The van der Waals surface area contributed by atoms with Gasteiger partial charge >= 0.3 is 6.36 Å². The fraction of sp³-hybridized carbons (Fsp3) is 0.286. The number of ether oxygens (including phenoxy) is 2. The van der Waals surface area contributed by atoms with Gasteiger partial charge in [-0.05, 0) is 42.6 Å². The van der Waals surface area contributed by atoms with Crippen LogP contribution in [-0.4, -0.2) is 12.4 Å². The molecule has 114 valence electrons. The van der Waals surface area contributed by atoms with Gasteiger partial charge in [0.2, 0.25) is 0 Å². The molecule has 0 spiro atoms. The predicted molar refractivity (Wildman–Crippen MR) is 74.5 cm³/mol. The van der Waals surface area contributed by atoms with E-state index in [0.29, 0.717) is 5.75 Å². The molecular formula is C14H14F3NO2S. The first-order valence-corrected chi connectivity index (χ1v) is 7.04. The van der Waals surface area contributed by atoms with E-state index in [2.05, 4.69) is 4.74 Å². The normalized spacial score (nSPS) is 14.5. The third-order valence-corrected chi connectivity index (χ3v) is 3.56. The highest BCUT2D eigenvalue weighted by Crippen LogP contribution is 2.29. The molecule has 2 aromatic rings. The Bertz CT molecular complexity index is 553. The zero-order valence-electron chi connectivity index (χ0n) is 11.1. The molecule has 0 amide bonds. The standard InChI is InChI=1S/C14H14F3NO2S/c1-9(18)13(12-3-2-8-21-12)19-10-4-6-11(7-5-10)20-14(15,16)17/h2-9,13H,18H2,1H3. The van der Waals surface area contributed by atoms with E-state index in [-0.39, 0.29) is 17.9 Å². The van der Waals surface area contributed by atoms with Crippen molar-refractivity contribution >= 4 is 11.3 Å². The third kappa shape index (κ3) is 4.64. The maximum absolute atomic E-state index is 12.1. The van der Waals surface area contributed by atoms with Gasteiger partial charge in [-0.3, -0.25) is 0 Å². The molecule has 1 heterocycles. The molecule has 1 aromatic carbocycles. The van der Waals surface area contributed by atoms with E-state index in [1.165, 1.54) is 35.6 Å². The smallest absolute Gasteiger partial charge is 0.483 e. The van der Waals surface area contributed by atoms with Gasteiger partial charge in [0.25, 0.3) is 0 Å². The van der Waals surface area contributed by atoms with Gasteiger partial charge < -0.3 is 15.2 Å². The van der Waals surface area contributed by atoms with Crippen LogP contribution in [0.1, 0.15) is 17.9 Å². The summed E-state index contributed by atoms with van der Waals surface area (Å²) < 4.78 is 45.8. The average Bonchev–Trinajstić information content (AvgIpc) is 2.89. The Labute approximate surface area is 124 Å². The van der Waals surface area contributed by atoms with E-state index in [4.69, 9.17) is 10.5 Å². The first kappa shape index (κ1) is 15.7. The van der Waals surface area contributed by atoms with Crippen LogP contribution in [0.25, 0.3) is 0 Å². The molecule has 0 aliphatic carbocycles. The maximum Gasteiger partial charge on any atom is 0.573 e. The third-order valence-electron chi connectivity index (χ3n) is 2.62. The molecule has 2 N–H and O–H groups in total. The van der Waals surface area contributed by atoms with Gasteiger partial charge in [-0.1, -0.05) is 6.07 Å². The van der Waals surface area contributed by atoms with Crippen molar-refractivity contribution in [2.75, 3.05) is 0 Å². The van der Waals surface area contributed by atoms with E-state index < -0.39 is 6.36 Å². The topological polar surface area (TPSA) is 44.5 Å². The molecule has 0 saturated carbocycles. The molecule has 2 atom stereocenters. The van der Waals surface area contributed by atoms with Crippen LogP contribution in [-0.2, 0) is 0 Å². The Morgan fingerprint density at radius 1 is 1.10 bits per heavy atom. The largest absolute Gasteiger partial charge is 0.573 e. The Balaban J connectivity index is 2.08. The second kappa shape index (κ2) is 6.36. The van der Waals surface area contributed by atoms with E-state index >= 15 is 0 Å². The van der Waals surface area contributed by atoms with Gasteiger partial charge in [0, 0.05) is 10.9 Å². The van der Waals surface area contributed by atoms with E-state index in [1.54, 1.807) is 0 Å². The minimum absolute atomic E-state index is 0.255. The van der Waals surface area contributed by atoms with E-state index in [1.807, 2.05) is 24.4 Å². The Morgan fingerprint density at radius 2 is 1.71 bits per heavy atom.